The van der Waals surface area contributed by atoms with Gasteiger partial charge in [0.25, 0.3) is 0 Å². The van der Waals surface area contributed by atoms with Gasteiger partial charge in [0, 0.05) is 73.6 Å². The van der Waals surface area contributed by atoms with E-state index in [2.05, 4.69) is 58.0 Å². The van der Waals surface area contributed by atoms with Gasteiger partial charge in [0.05, 0.1) is 43.3 Å². The summed E-state index contributed by atoms with van der Waals surface area (Å²) in [5.74, 6) is 1.52. The number of rotatable bonds is 8. The van der Waals surface area contributed by atoms with Crippen molar-refractivity contribution in [3.63, 3.8) is 0 Å². The van der Waals surface area contributed by atoms with E-state index in [9.17, 15) is 0 Å². The van der Waals surface area contributed by atoms with Gasteiger partial charge in [-0.25, -0.2) is 4.98 Å². The number of hydrogen-bond acceptors (Lipinski definition) is 7. The SMILES string of the molecule is COc1cc(OC)cc(N(CCN2[C@@H](C)CC[C@@H]2C)c2ccc3ncc(-c4cnn(C)c4)nc3c2)c1. The summed E-state index contributed by atoms with van der Waals surface area (Å²) in [6.07, 6.45) is 8.06. The Morgan fingerprint density at radius 1 is 0.917 bits per heavy atom. The average Bonchev–Trinajstić information content (AvgIpc) is 3.48. The Hall–Kier alpha value is -3.65. The van der Waals surface area contributed by atoms with E-state index >= 15 is 0 Å². The quantitative estimate of drug-likeness (QED) is 0.345. The molecule has 0 amide bonds. The van der Waals surface area contributed by atoms with Crippen molar-refractivity contribution in [2.45, 2.75) is 38.8 Å². The van der Waals surface area contributed by atoms with Gasteiger partial charge in [0.15, 0.2) is 0 Å². The Morgan fingerprint density at radius 2 is 1.64 bits per heavy atom. The van der Waals surface area contributed by atoms with Gasteiger partial charge in [-0.05, 0) is 44.9 Å². The second kappa shape index (κ2) is 10.1. The third kappa shape index (κ3) is 4.86. The largest absolute Gasteiger partial charge is 0.497 e. The molecule has 0 spiro atoms. The fraction of sp³-hybridized carbons (Fsp3) is 0.393. The van der Waals surface area contributed by atoms with Crippen LogP contribution in [0.1, 0.15) is 26.7 Å². The summed E-state index contributed by atoms with van der Waals surface area (Å²) in [5, 5.41) is 4.28. The maximum absolute atomic E-state index is 5.59. The van der Waals surface area contributed by atoms with Gasteiger partial charge < -0.3 is 14.4 Å². The van der Waals surface area contributed by atoms with Crippen molar-refractivity contribution in [2.24, 2.45) is 7.05 Å². The number of ether oxygens (including phenoxy) is 2. The van der Waals surface area contributed by atoms with Crippen LogP contribution in [0.4, 0.5) is 11.4 Å². The monoisotopic (exact) mass is 486 g/mol. The standard InChI is InChI=1S/C28H34N6O2/c1-19-6-7-20(2)33(19)10-11-34(23-12-24(35-4)15-25(13-23)36-5)22-8-9-26-27(14-22)31-28(17-29-26)21-16-30-32(3)18-21/h8-9,12-20H,6-7,10-11H2,1-5H3/t19-,20-/m0/s1. The van der Waals surface area contributed by atoms with Crippen LogP contribution in [0.5, 0.6) is 11.5 Å². The number of aromatic nitrogens is 4. The van der Waals surface area contributed by atoms with Gasteiger partial charge in [0.1, 0.15) is 11.5 Å². The van der Waals surface area contributed by atoms with Crippen molar-refractivity contribution in [3.05, 3.63) is 55.0 Å². The summed E-state index contributed by atoms with van der Waals surface area (Å²) in [5.41, 5.74) is 5.52. The number of fused-ring (bicyclic) bond motifs is 1. The molecule has 0 saturated carbocycles. The molecule has 4 aromatic rings. The highest BCUT2D eigenvalue weighted by Gasteiger charge is 2.27. The van der Waals surface area contributed by atoms with Gasteiger partial charge >= 0.3 is 0 Å². The Kier molecular flexibility index (Phi) is 6.78. The van der Waals surface area contributed by atoms with Crippen molar-refractivity contribution in [1.82, 2.24) is 24.6 Å². The van der Waals surface area contributed by atoms with Crippen LogP contribution in [-0.4, -0.2) is 64.0 Å². The number of aryl methyl sites for hydroxylation is 1. The number of likely N-dealkylation sites (tertiary alicyclic amines) is 1. The molecule has 0 aliphatic carbocycles. The molecule has 0 bridgehead atoms. The molecule has 1 fully saturated rings. The molecular formula is C28H34N6O2. The van der Waals surface area contributed by atoms with E-state index in [-0.39, 0.29) is 0 Å². The average molecular weight is 487 g/mol. The van der Waals surface area contributed by atoms with Crippen LogP contribution in [-0.2, 0) is 7.05 Å². The molecule has 0 radical (unpaired) electrons. The van der Waals surface area contributed by atoms with Crippen LogP contribution in [0.25, 0.3) is 22.3 Å². The number of methoxy groups -OCH3 is 2. The molecular weight excluding hydrogens is 452 g/mol. The number of anilines is 2. The van der Waals surface area contributed by atoms with Crippen molar-refractivity contribution in [3.8, 4) is 22.8 Å². The summed E-state index contributed by atoms with van der Waals surface area (Å²) in [7, 11) is 5.27. The topological polar surface area (TPSA) is 68.5 Å². The Labute approximate surface area is 212 Å². The van der Waals surface area contributed by atoms with E-state index in [0.29, 0.717) is 12.1 Å². The third-order valence-corrected chi connectivity index (χ3v) is 7.20. The van der Waals surface area contributed by atoms with Gasteiger partial charge in [-0.2, -0.15) is 5.10 Å². The normalized spacial score (nSPS) is 18.0. The van der Waals surface area contributed by atoms with Crippen molar-refractivity contribution < 1.29 is 9.47 Å². The Bertz CT molecular complexity index is 1320. The highest BCUT2D eigenvalue weighted by atomic mass is 16.5. The van der Waals surface area contributed by atoms with Crippen LogP contribution in [0.3, 0.4) is 0 Å². The van der Waals surface area contributed by atoms with Gasteiger partial charge in [-0.1, -0.05) is 0 Å². The first kappa shape index (κ1) is 24.1. The number of benzene rings is 2. The molecule has 2 aromatic carbocycles. The van der Waals surface area contributed by atoms with Crippen LogP contribution in [0.15, 0.2) is 55.0 Å². The molecule has 5 rings (SSSR count). The number of nitrogens with zero attached hydrogens (tertiary/aromatic N) is 6. The van der Waals surface area contributed by atoms with E-state index in [1.807, 2.05) is 31.6 Å². The fourth-order valence-corrected chi connectivity index (χ4v) is 5.12. The van der Waals surface area contributed by atoms with E-state index < -0.39 is 0 Å². The lowest BCUT2D eigenvalue weighted by Gasteiger charge is -2.31. The lowest BCUT2D eigenvalue weighted by atomic mass is 10.2. The first-order chi connectivity index (χ1) is 17.4. The van der Waals surface area contributed by atoms with Crippen molar-refractivity contribution in [1.29, 1.82) is 0 Å². The zero-order valence-electron chi connectivity index (χ0n) is 21.7. The van der Waals surface area contributed by atoms with Gasteiger partial charge in [-0.3, -0.25) is 14.6 Å². The highest BCUT2D eigenvalue weighted by molar-refractivity contribution is 5.82. The fourth-order valence-electron chi connectivity index (χ4n) is 5.12. The lowest BCUT2D eigenvalue weighted by molar-refractivity contribution is 0.220. The van der Waals surface area contributed by atoms with Crippen LogP contribution < -0.4 is 14.4 Å². The lowest BCUT2D eigenvalue weighted by Crippen LogP contribution is -2.38. The van der Waals surface area contributed by atoms with E-state index in [0.717, 1.165) is 58.3 Å². The Morgan fingerprint density at radius 3 is 2.28 bits per heavy atom. The molecule has 8 nitrogen and oxygen atoms in total. The van der Waals surface area contributed by atoms with E-state index in [1.165, 1.54) is 12.8 Å². The van der Waals surface area contributed by atoms with Crippen molar-refractivity contribution in [2.75, 3.05) is 32.2 Å². The summed E-state index contributed by atoms with van der Waals surface area (Å²) in [6.45, 7) is 6.44. The molecule has 188 valence electrons. The second-order valence-corrected chi connectivity index (χ2v) is 9.57. The predicted octanol–water partition coefficient (Wildman–Crippen LogP) is 5.06. The Balaban J connectivity index is 1.55. The molecule has 3 heterocycles. The molecule has 1 saturated heterocycles. The van der Waals surface area contributed by atoms with E-state index in [4.69, 9.17) is 14.5 Å². The maximum Gasteiger partial charge on any atom is 0.124 e. The first-order valence-corrected chi connectivity index (χ1v) is 12.5. The molecule has 36 heavy (non-hydrogen) atoms. The summed E-state index contributed by atoms with van der Waals surface area (Å²) in [6, 6.07) is 13.5. The van der Waals surface area contributed by atoms with Crippen molar-refractivity contribution >= 4 is 22.4 Å². The minimum atomic E-state index is 0.589. The van der Waals surface area contributed by atoms with Gasteiger partial charge in [0.2, 0.25) is 0 Å². The highest BCUT2D eigenvalue weighted by Crippen LogP contribution is 2.34. The first-order valence-electron chi connectivity index (χ1n) is 12.5. The summed E-state index contributed by atoms with van der Waals surface area (Å²) < 4.78 is 12.9. The predicted molar refractivity (Wildman–Crippen MR) is 143 cm³/mol. The second-order valence-electron chi connectivity index (χ2n) is 9.57. The van der Waals surface area contributed by atoms with Crippen LogP contribution in [0, 0.1) is 0 Å². The molecule has 8 heteroatoms. The van der Waals surface area contributed by atoms with E-state index in [1.54, 1.807) is 25.1 Å². The van der Waals surface area contributed by atoms with Gasteiger partial charge in [-0.15, -0.1) is 0 Å². The summed E-state index contributed by atoms with van der Waals surface area (Å²) in [4.78, 5) is 14.5. The summed E-state index contributed by atoms with van der Waals surface area (Å²) >= 11 is 0. The molecule has 2 atom stereocenters. The zero-order chi connectivity index (χ0) is 25.2. The molecule has 0 unspecified atom stereocenters. The maximum atomic E-state index is 5.59. The third-order valence-electron chi connectivity index (χ3n) is 7.20. The zero-order valence-corrected chi connectivity index (χ0v) is 21.7. The molecule has 1 aliphatic rings. The van der Waals surface area contributed by atoms with Crippen LogP contribution >= 0.6 is 0 Å². The minimum absolute atomic E-state index is 0.589. The molecule has 0 N–H and O–H groups in total. The molecule has 2 aromatic heterocycles. The van der Waals surface area contributed by atoms with Crippen LogP contribution in [0.2, 0.25) is 0 Å². The molecule has 1 aliphatic heterocycles. The minimum Gasteiger partial charge on any atom is -0.497 e. The smallest absolute Gasteiger partial charge is 0.124 e. The number of hydrogen-bond donors (Lipinski definition) is 0.